The van der Waals surface area contributed by atoms with Gasteiger partial charge in [0, 0.05) is 44.5 Å². The molecule has 0 aliphatic carbocycles. The van der Waals surface area contributed by atoms with Gasteiger partial charge in [0.15, 0.2) is 0 Å². The van der Waals surface area contributed by atoms with Gasteiger partial charge in [-0.3, -0.25) is 9.80 Å². The first-order valence-corrected chi connectivity index (χ1v) is 6.70. The molecule has 1 atom stereocenters. The Bertz CT molecular complexity index is 346. The van der Waals surface area contributed by atoms with Gasteiger partial charge < -0.3 is 10.7 Å². The van der Waals surface area contributed by atoms with E-state index in [-0.39, 0.29) is 11.6 Å². The molecule has 0 spiro atoms. The number of aromatic nitrogens is 2. The van der Waals surface area contributed by atoms with Crippen LogP contribution < -0.4 is 5.73 Å². The number of aromatic amines is 1. The van der Waals surface area contributed by atoms with Gasteiger partial charge in [0.25, 0.3) is 0 Å². The molecule has 1 aliphatic rings. The maximum atomic E-state index is 5.91. The monoisotopic (exact) mass is 251 g/mol. The minimum Gasteiger partial charge on any atom is -0.347 e. The van der Waals surface area contributed by atoms with Crippen LogP contribution in [-0.2, 0) is 0 Å². The maximum absolute atomic E-state index is 5.91. The van der Waals surface area contributed by atoms with E-state index in [9.17, 15) is 0 Å². The highest BCUT2D eigenvalue weighted by Crippen LogP contribution is 2.22. The molecule has 0 amide bonds. The minimum atomic E-state index is 0.262. The van der Waals surface area contributed by atoms with Crippen molar-refractivity contribution in [3.05, 3.63) is 18.2 Å². The van der Waals surface area contributed by atoms with Gasteiger partial charge in [-0.1, -0.05) is 0 Å². The Hall–Kier alpha value is -0.910. The Morgan fingerprint density at radius 3 is 2.44 bits per heavy atom. The van der Waals surface area contributed by atoms with E-state index in [0.29, 0.717) is 6.54 Å². The van der Waals surface area contributed by atoms with E-state index >= 15 is 0 Å². The molecule has 0 aromatic carbocycles. The number of piperazine rings is 1. The van der Waals surface area contributed by atoms with E-state index < -0.39 is 0 Å². The van der Waals surface area contributed by atoms with Gasteiger partial charge in [-0.25, -0.2) is 4.98 Å². The molecular formula is C13H25N5. The van der Waals surface area contributed by atoms with Crippen molar-refractivity contribution in [1.29, 1.82) is 0 Å². The highest BCUT2D eigenvalue weighted by Gasteiger charge is 2.29. The van der Waals surface area contributed by atoms with E-state index in [1.165, 1.54) is 0 Å². The third kappa shape index (κ3) is 2.91. The van der Waals surface area contributed by atoms with Crippen molar-refractivity contribution in [2.24, 2.45) is 5.73 Å². The number of nitrogens with two attached hydrogens (primary N) is 1. The van der Waals surface area contributed by atoms with Crippen molar-refractivity contribution >= 4 is 0 Å². The van der Waals surface area contributed by atoms with Crippen LogP contribution in [-0.4, -0.2) is 58.0 Å². The molecule has 102 valence electrons. The molecule has 1 fully saturated rings. The molecule has 2 heterocycles. The van der Waals surface area contributed by atoms with E-state index in [4.69, 9.17) is 5.73 Å². The summed E-state index contributed by atoms with van der Waals surface area (Å²) < 4.78 is 0. The molecule has 2 rings (SSSR count). The Morgan fingerprint density at radius 2 is 2.00 bits per heavy atom. The molecule has 18 heavy (non-hydrogen) atoms. The number of H-pyrrole nitrogens is 1. The fraction of sp³-hybridized carbons (Fsp3) is 0.769. The molecular weight excluding hydrogens is 226 g/mol. The van der Waals surface area contributed by atoms with E-state index in [0.717, 1.165) is 31.9 Å². The summed E-state index contributed by atoms with van der Waals surface area (Å²) in [5.41, 5.74) is 7.30. The smallest absolute Gasteiger partial charge is 0.0922 e. The lowest BCUT2D eigenvalue weighted by atomic mass is 10.0. The predicted octanol–water partition coefficient (Wildman–Crippen LogP) is 0.826. The number of nitrogens with one attached hydrogen (secondary N) is 1. The maximum Gasteiger partial charge on any atom is 0.0922 e. The van der Waals surface area contributed by atoms with Crippen LogP contribution in [0.2, 0.25) is 0 Å². The second-order valence-corrected chi connectivity index (χ2v) is 5.95. The number of imidazole rings is 1. The third-order valence-electron chi connectivity index (χ3n) is 3.81. The molecule has 5 nitrogen and oxygen atoms in total. The summed E-state index contributed by atoms with van der Waals surface area (Å²) in [7, 11) is 0. The zero-order chi connectivity index (χ0) is 13.2. The second-order valence-electron chi connectivity index (χ2n) is 5.95. The molecule has 0 saturated carbocycles. The average Bonchev–Trinajstić information content (AvgIpc) is 2.83. The first kappa shape index (κ1) is 13.5. The Morgan fingerprint density at radius 1 is 1.33 bits per heavy atom. The lowest BCUT2D eigenvalue weighted by Gasteiger charge is -2.44. The van der Waals surface area contributed by atoms with Crippen molar-refractivity contribution in [2.45, 2.75) is 32.4 Å². The Balaban J connectivity index is 1.96. The van der Waals surface area contributed by atoms with Gasteiger partial charge in [-0.15, -0.1) is 0 Å². The first-order valence-electron chi connectivity index (χ1n) is 6.70. The molecule has 3 N–H and O–H groups in total. The first-order chi connectivity index (χ1) is 8.52. The van der Waals surface area contributed by atoms with Crippen LogP contribution in [0.3, 0.4) is 0 Å². The van der Waals surface area contributed by atoms with Gasteiger partial charge in [-0.2, -0.15) is 0 Å². The summed E-state index contributed by atoms with van der Waals surface area (Å²) in [5, 5.41) is 0. The molecule has 1 aliphatic heterocycles. The van der Waals surface area contributed by atoms with Crippen LogP contribution in [0.25, 0.3) is 0 Å². The Kier molecular flexibility index (Phi) is 4.04. The van der Waals surface area contributed by atoms with Crippen molar-refractivity contribution < 1.29 is 0 Å². The molecule has 5 heteroatoms. The number of rotatable bonds is 3. The highest BCUT2D eigenvalue weighted by atomic mass is 15.3. The zero-order valence-corrected chi connectivity index (χ0v) is 11.7. The molecule has 1 aromatic heterocycles. The lowest BCUT2D eigenvalue weighted by Crippen LogP contribution is -2.54. The van der Waals surface area contributed by atoms with Crippen molar-refractivity contribution in [3.63, 3.8) is 0 Å². The van der Waals surface area contributed by atoms with Crippen LogP contribution in [0, 0.1) is 0 Å². The highest BCUT2D eigenvalue weighted by molar-refractivity contribution is 5.04. The normalized spacial score (nSPS) is 21.1. The van der Waals surface area contributed by atoms with Gasteiger partial charge in [0.2, 0.25) is 0 Å². The number of hydrogen-bond acceptors (Lipinski definition) is 4. The van der Waals surface area contributed by atoms with Crippen molar-refractivity contribution in [3.8, 4) is 0 Å². The van der Waals surface area contributed by atoms with Crippen LogP contribution in [0.4, 0.5) is 0 Å². The number of nitrogens with zero attached hydrogens (tertiary/aromatic N) is 3. The van der Waals surface area contributed by atoms with Gasteiger partial charge >= 0.3 is 0 Å². The van der Waals surface area contributed by atoms with Gasteiger partial charge in [0.05, 0.1) is 18.1 Å². The summed E-state index contributed by atoms with van der Waals surface area (Å²) >= 11 is 0. The summed E-state index contributed by atoms with van der Waals surface area (Å²) in [6, 6.07) is 0.273. The SMILES string of the molecule is CC(C)(C)N1CCN(C(CN)c2cnc[nH]2)CC1. The molecule has 0 bridgehead atoms. The third-order valence-corrected chi connectivity index (χ3v) is 3.81. The van der Waals surface area contributed by atoms with Gasteiger partial charge in [0.1, 0.15) is 0 Å². The fourth-order valence-corrected chi connectivity index (χ4v) is 2.63. The van der Waals surface area contributed by atoms with Crippen molar-refractivity contribution in [1.82, 2.24) is 19.8 Å². The van der Waals surface area contributed by atoms with Gasteiger partial charge in [-0.05, 0) is 20.8 Å². The predicted molar refractivity (Wildman–Crippen MR) is 73.3 cm³/mol. The Labute approximate surface area is 109 Å². The van der Waals surface area contributed by atoms with Crippen LogP contribution in [0.5, 0.6) is 0 Å². The van der Waals surface area contributed by atoms with E-state index in [1.54, 1.807) is 6.33 Å². The van der Waals surface area contributed by atoms with Crippen LogP contribution in [0.1, 0.15) is 32.5 Å². The molecule has 1 saturated heterocycles. The quantitative estimate of drug-likeness (QED) is 0.835. The minimum absolute atomic E-state index is 0.262. The average molecular weight is 251 g/mol. The van der Waals surface area contributed by atoms with E-state index in [2.05, 4.69) is 40.5 Å². The van der Waals surface area contributed by atoms with Crippen molar-refractivity contribution in [2.75, 3.05) is 32.7 Å². The fourth-order valence-electron chi connectivity index (χ4n) is 2.63. The summed E-state index contributed by atoms with van der Waals surface area (Å²) in [6.45, 7) is 11.8. The molecule has 0 radical (unpaired) electrons. The largest absolute Gasteiger partial charge is 0.347 e. The molecule has 1 unspecified atom stereocenters. The number of hydrogen-bond donors (Lipinski definition) is 2. The zero-order valence-electron chi connectivity index (χ0n) is 11.7. The summed E-state index contributed by atoms with van der Waals surface area (Å²) in [5.74, 6) is 0. The lowest BCUT2D eigenvalue weighted by molar-refractivity contribution is 0.0426. The second kappa shape index (κ2) is 5.38. The molecule has 1 aromatic rings. The van der Waals surface area contributed by atoms with Crippen LogP contribution >= 0.6 is 0 Å². The topological polar surface area (TPSA) is 61.2 Å². The standard InChI is InChI=1S/C13H25N5/c1-13(2,3)18-6-4-17(5-7-18)12(8-14)11-9-15-10-16-11/h9-10,12H,4-8,14H2,1-3H3,(H,15,16). The van der Waals surface area contributed by atoms with E-state index in [1.807, 2.05) is 6.20 Å². The summed E-state index contributed by atoms with van der Waals surface area (Å²) in [4.78, 5) is 12.3. The summed E-state index contributed by atoms with van der Waals surface area (Å²) in [6.07, 6.45) is 3.61. The van der Waals surface area contributed by atoms with Crippen LogP contribution in [0.15, 0.2) is 12.5 Å².